The van der Waals surface area contributed by atoms with E-state index in [0.717, 1.165) is 0 Å². The predicted molar refractivity (Wildman–Crippen MR) is 21.6 cm³/mol. The highest BCUT2D eigenvalue weighted by Crippen LogP contribution is 2.14. The summed E-state index contributed by atoms with van der Waals surface area (Å²) in [5, 5.41) is 0. The molecule has 0 unspecified atom stereocenters. The van der Waals surface area contributed by atoms with E-state index in [0.29, 0.717) is 0 Å². The Morgan fingerprint density at radius 1 is 1.67 bits per heavy atom. The summed E-state index contributed by atoms with van der Waals surface area (Å²) >= 11 is 0. The van der Waals surface area contributed by atoms with Gasteiger partial charge in [0.05, 0.1) is 0 Å². The van der Waals surface area contributed by atoms with Gasteiger partial charge in [0.1, 0.15) is 0 Å². The van der Waals surface area contributed by atoms with Gasteiger partial charge in [0.25, 0.3) is 0 Å². The number of ether oxygens (including phenoxy) is 1. The Morgan fingerprint density at radius 2 is 2.11 bits per heavy atom. The summed E-state index contributed by atoms with van der Waals surface area (Å²) in [6.07, 6.45) is -5.77. The van der Waals surface area contributed by atoms with Crippen LogP contribution in [-0.2, 0) is 4.74 Å². The molecule has 0 aliphatic rings. The molecule has 3 nitrogen and oxygen atoms in total. The molecule has 0 saturated carbocycles. The van der Waals surface area contributed by atoms with Gasteiger partial charge in [0, 0.05) is 0 Å². The lowest BCUT2D eigenvalue weighted by Crippen LogP contribution is -2.30. The number of nitrogens with two attached hydrogens (primary N) is 1. The zero-order valence-electron chi connectivity index (χ0n) is 4.23. The Bertz CT molecular complexity index is 116. The van der Waals surface area contributed by atoms with Crippen LogP contribution >= 0.6 is 0 Å². The number of alkyl halides is 3. The number of hydrogen-bond donors (Lipinski definition) is 1. The lowest BCUT2D eigenvalue weighted by atomic mass is 10.7. The fraction of sp³-hybridized carbons (Fsp3) is 0.667. The maximum absolute atomic E-state index is 11.5. The van der Waals surface area contributed by atoms with Gasteiger partial charge in [0.15, 0.2) is 6.67 Å². The molecule has 0 fully saturated rings. The molecule has 0 rings (SSSR count). The van der Waals surface area contributed by atoms with E-state index in [2.05, 4.69) is 10.5 Å². The minimum atomic E-state index is -4.08. The average Bonchev–Trinajstić information content (AvgIpc) is 1.63. The molecule has 1 amide bonds. The van der Waals surface area contributed by atoms with Gasteiger partial charge in [-0.15, -0.1) is 0 Å². The molecule has 54 valence electrons. The monoisotopic (exact) mass is 143 g/mol. The van der Waals surface area contributed by atoms with Crippen LogP contribution in [0, 0.1) is 0 Å². The molecule has 0 radical (unpaired) electrons. The van der Waals surface area contributed by atoms with Crippen molar-refractivity contribution in [1.29, 1.82) is 0 Å². The maximum atomic E-state index is 11.5. The van der Waals surface area contributed by atoms with Gasteiger partial charge in [-0.3, -0.25) is 0 Å². The summed E-state index contributed by atoms with van der Waals surface area (Å²) in [4.78, 5) is 9.53. The second kappa shape index (κ2) is 2.56. The number of rotatable bonds is 2. The van der Waals surface area contributed by atoms with Gasteiger partial charge in [-0.2, -0.15) is 8.78 Å². The van der Waals surface area contributed by atoms with Crippen molar-refractivity contribution in [2.75, 3.05) is 6.67 Å². The third kappa shape index (κ3) is 3.63. The Hall–Kier alpha value is -0.940. The second-order valence-electron chi connectivity index (χ2n) is 1.19. The van der Waals surface area contributed by atoms with E-state index in [1.54, 1.807) is 0 Å². The third-order valence-corrected chi connectivity index (χ3v) is 0.405. The Labute approximate surface area is 48.6 Å². The van der Waals surface area contributed by atoms with Crippen molar-refractivity contribution in [1.82, 2.24) is 0 Å². The van der Waals surface area contributed by atoms with Crippen LogP contribution in [-0.4, -0.2) is 18.9 Å². The number of hydrogen-bond acceptors (Lipinski definition) is 2. The van der Waals surface area contributed by atoms with Crippen LogP contribution < -0.4 is 5.73 Å². The molecular weight excluding hydrogens is 139 g/mol. The summed E-state index contributed by atoms with van der Waals surface area (Å²) in [6.45, 7) is -2.06. The quantitative estimate of drug-likeness (QED) is 0.616. The van der Waals surface area contributed by atoms with Gasteiger partial charge in [-0.1, -0.05) is 0 Å². The van der Waals surface area contributed by atoms with Gasteiger partial charge < -0.3 is 10.5 Å². The van der Waals surface area contributed by atoms with Gasteiger partial charge in [-0.05, 0) is 0 Å². The van der Waals surface area contributed by atoms with Crippen LogP contribution in [0.1, 0.15) is 0 Å². The first-order valence-corrected chi connectivity index (χ1v) is 1.90. The lowest BCUT2D eigenvalue weighted by Gasteiger charge is -2.09. The lowest BCUT2D eigenvalue weighted by molar-refractivity contribution is -0.205. The molecule has 0 aromatic rings. The van der Waals surface area contributed by atoms with Crippen LogP contribution in [0.2, 0.25) is 0 Å². The molecule has 9 heavy (non-hydrogen) atoms. The first kappa shape index (κ1) is 8.06. The van der Waals surface area contributed by atoms with Crippen LogP contribution in [0.25, 0.3) is 0 Å². The molecule has 0 aliphatic heterocycles. The van der Waals surface area contributed by atoms with Crippen LogP contribution in [0.4, 0.5) is 18.0 Å². The van der Waals surface area contributed by atoms with E-state index in [1.807, 2.05) is 0 Å². The van der Waals surface area contributed by atoms with Gasteiger partial charge in [-0.25, -0.2) is 9.18 Å². The van der Waals surface area contributed by atoms with Crippen molar-refractivity contribution in [3.8, 4) is 0 Å². The Kier molecular flexibility index (Phi) is 2.29. The van der Waals surface area contributed by atoms with Crippen LogP contribution in [0.5, 0.6) is 0 Å². The molecule has 0 saturated heterocycles. The molecule has 0 bridgehead atoms. The Balaban J connectivity index is 3.71. The molecular formula is C3H4F3NO2. The second-order valence-corrected chi connectivity index (χ2v) is 1.19. The van der Waals surface area contributed by atoms with E-state index in [4.69, 9.17) is 0 Å². The van der Waals surface area contributed by atoms with Crippen molar-refractivity contribution in [3.05, 3.63) is 0 Å². The highest BCUT2D eigenvalue weighted by Gasteiger charge is 2.32. The SMILES string of the molecule is NC(=O)OC(F)(F)CF. The standard InChI is InChI=1S/C3H4F3NO2/c4-1-3(5,6)9-2(7)8/h1H2,(H2,7,8). The highest BCUT2D eigenvalue weighted by molar-refractivity contribution is 5.64. The van der Waals surface area contributed by atoms with Crippen LogP contribution in [0.3, 0.4) is 0 Å². The van der Waals surface area contributed by atoms with Gasteiger partial charge >= 0.3 is 12.2 Å². The van der Waals surface area contributed by atoms with Crippen molar-refractivity contribution < 1.29 is 22.7 Å². The number of carbonyl (C=O) groups is 1. The van der Waals surface area contributed by atoms with Crippen LogP contribution in [0.15, 0.2) is 0 Å². The summed E-state index contributed by atoms with van der Waals surface area (Å²) in [6, 6.07) is 0. The minimum Gasteiger partial charge on any atom is -0.382 e. The smallest absolute Gasteiger partial charge is 0.382 e. The molecule has 2 N–H and O–H groups in total. The molecule has 0 spiro atoms. The summed E-state index contributed by atoms with van der Waals surface area (Å²) < 4.78 is 37.1. The van der Waals surface area contributed by atoms with E-state index in [1.165, 1.54) is 0 Å². The van der Waals surface area contributed by atoms with E-state index in [9.17, 15) is 18.0 Å². The number of carbonyl (C=O) groups excluding carboxylic acids is 1. The molecule has 0 aliphatic carbocycles. The third-order valence-electron chi connectivity index (χ3n) is 0.405. The molecule has 0 atom stereocenters. The zero-order valence-corrected chi connectivity index (χ0v) is 4.23. The van der Waals surface area contributed by atoms with E-state index in [-0.39, 0.29) is 0 Å². The van der Waals surface area contributed by atoms with E-state index >= 15 is 0 Å². The zero-order chi connectivity index (χ0) is 7.49. The normalized spacial score (nSPS) is 11.0. The first-order valence-electron chi connectivity index (χ1n) is 1.90. The largest absolute Gasteiger partial charge is 0.430 e. The van der Waals surface area contributed by atoms with E-state index < -0.39 is 18.9 Å². The van der Waals surface area contributed by atoms with Crippen molar-refractivity contribution in [2.45, 2.75) is 6.11 Å². The average molecular weight is 143 g/mol. The minimum absolute atomic E-state index is 1.70. The molecule has 0 aromatic carbocycles. The number of halogens is 3. The summed E-state index contributed by atoms with van der Waals surface area (Å²) in [5.41, 5.74) is 4.15. The van der Waals surface area contributed by atoms with Crippen molar-refractivity contribution in [3.63, 3.8) is 0 Å². The predicted octanol–water partition coefficient (Wildman–Crippen LogP) is 0.644. The Morgan fingerprint density at radius 3 is 2.22 bits per heavy atom. The number of amides is 1. The number of primary amides is 1. The fourth-order valence-corrected chi connectivity index (χ4v) is 0.174. The highest BCUT2D eigenvalue weighted by atomic mass is 19.3. The maximum Gasteiger partial charge on any atom is 0.430 e. The van der Waals surface area contributed by atoms with Crippen molar-refractivity contribution >= 4 is 6.09 Å². The van der Waals surface area contributed by atoms with Crippen molar-refractivity contribution in [2.24, 2.45) is 5.73 Å². The topological polar surface area (TPSA) is 52.3 Å². The summed E-state index contributed by atoms with van der Waals surface area (Å²) in [7, 11) is 0. The molecule has 6 heteroatoms. The first-order chi connectivity index (χ1) is 3.98. The van der Waals surface area contributed by atoms with Gasteiger partial charge in [0.2, 0.25) is 0 Å². The fourth-order valence-electron chi connectivity index (χ4n) is 0.174. The molecule has 0 aromatic heterocycles. The summed E-state index contributed by atoms with van der Waals surface area (Å²) in [5.74, 6) is 0. The molecule has 0 heterocycles.